The third-order valence-corrected chi connectivity index (χ3v) is 4.49. The van der Waals surface area contributed by atoms with Crippen LogP contribution in [0.3, 0.4) is 0 Å². The number of nitro groups is 1. The van der Waals surface area contributed by atoms with E-state index in [-0.39, 0.29) is 10.8 Å². The van der Waals surface area contributed by atoms with Crippen LogP contribution >= 0.6 is 12.2 Å². The highest BCUT2D eigenvalue weighted by atomic mass is 32.1. The van der Waals surface area contributed by atoms with Crippen LogP contribution in [-0.4, -0.2) is 63.3 Å². The van der Waals surface area contributed by atoms with E-state index in [0.29, 0.717) is 5.69 Å². The molecule has 0 saturated carbocycles. The first-order valence-corrected chi connectivity index (χ1v) is 8.73. The van der Waals surface area contributed by atoms with Crippen LogP contribution in [0.1, 0.15) is 13.8 Å². The third-order valence-electron chi connectivity index (χ3n) is 4.27. The van der Waals surface area contributed by atoms with Crippen molar-refractivity contribution in [1.82, 2.24) is 5.32 Å². The number of hydrogen-bond acceptors (Lipinski definition) is 8. The lowest BCUT2D eigenvalue weighted by molar-refractivity contribution is -0.384. The first-order valence-electron chi connectivity index (χ1n) is 8.32. The Morgan fingerprint density at radius 2 is 2.19 bits per heavy atom. The van der Waals surface area contributed by atoms with Crippen LogP contribution in [0.5, 0.6) is 0 Å². The molecule has 0 bridgehead atoms. The zero-order chi connectivity index (χ0) is 19.8. The van der Waals surface area contributed by atoms with Gasteiger partial charge in [-0.2, -0.15) is 0 Å². The highest BCUT2D eigenvalue weighted by molar-refractivity contribution is 7.80. The molecule has 0 spiro atoms. The van der Waals surface area contributed by atoms with Crippen LogP contribution in [-0.2, 0) is 14.2 Å². The summed E-state index contributed by atoms with van der Waals surface area (Å²) in [6.45, 7) is 2.97. The molecule has 0 aliphatic carbocycles. The monoisotopic (exact) mass is 399 g/mol. The predicted molar refractivity (Wildman–Crippen MR) is 98.0 cm³/mol. The van der Waals surface area contributed by atoms with E-state index in [1.165, 1.54) is 18.2 Å². The average molecular weight is 399 g/mol. The molecule has 2 aliphatic heterocycles. The van der Waals surface area contributed by atoms with Crippen molar-refractivity contribution in [2.45, 2.75) is 50.3 Å². The number of thiocarbonyl (C=S) groups is 1. The molecule has 2 saturated heterocycles. The first kappa shape index (κ1) is 19.9. The van der Waals surface area contributed by atoms with E-state index in [9.17, 15) is 20.3 Å². The van der Waals surface area contributed by atoms with Crippen molar-refractivity contribution in [1.29, 1.82) is 0 Å². The Kier molecular flexibility index (Phi) is 5.60. The fraction of sp³-hybridized carbons (Fsp3) is 0.562. The standard InChI is InChI=1S/C16H21N3O7S/c1-16(2)25-13-11(12(10(21)7-20)24-14(13)26-16)18-15(27)17-8-4-3-5-9(6-8)19(22)23/h3-6,10-14,20-21H,7H2,1-2H3,(H2,17,18,27)/t10-,11+,12-,13-,14-/m1/s1. The van der Waals surface area contributed by atoms with Crippen molar-refractivity contribution < 1.29 is 29.3 Å². The van der Waals surface area contributed by atoms with Crippen molar-refractivity contribution >= 4 is 28.7 Å². The summed E-state index contributed by atoms with van der Waals surface area (Å²) in [5.41, 5.74) is 0.357. The van der Waals surface area contributed by atoms with Crippen molar-refractivity contribution in [2.24, 2.45) is 0 Å². The molecule has 2 fully saturated rings. The molecular formula is C16H21N3O7S. The second-order valence-electron chi connectivity index (χ2n) is 6.75. The van der Waals surface area contributed by atoms with Crippen LogP contribution in [0.15, 0.2) is 24.3 Å². The van der Waals surface area contributed by atoms with Gasteiger partial charge < -0.3 is 35.1 Å². The molecule has 1 aromatic carbocycles. The highest BCUT2D eigenvalue weighted by Crippen LogP contribution is 2.38. The summed E-state index contributed by atoms with van der Waals surface area (Å²) in [6.07, 6.45) is -3.25. The van der Waals surface area contributed by atoms with E-state index in [0.717, 1.165) is 0 Å². The number of benzene rings is 1. The van der Waals surface area contributed by atoms with Gasteiger partial charge in [-0.05, 0) is 32.1 Å². The minimum atomic E-state index is -1.16. The molecule has 0 aromatic heterocycles. The van der Waals surface area contributed by atoms with Crippen LogP contribution < -0.4 is 10.6 Å². The lowest BCUT2D eigenvalue weighted by atomic mass is 10.0. The largest absolute Gasteiger partial charge is 0.394 e. The van der Waals surface area contributed by atoms with Gasteiger partial charge in [-0.25, -0.2) is 0 Å². The fourth-order valence-electron chi connectivity index (χ4n) is 3.15. The smallest absolute Gasteiger partial charge is 0.271 e. The Balaban J connectivity index is 1.72. The van der Waals surface area contributed by atoms with Crippen molar-refractivity contribution in [3.8, 4) is 0 Å². The Hall–Kier alpha value is -1.89. The number of fused-ring (bicyclic) bond motifs is 1. The van der Waals surface area contributed by atoms with Crippen LogP contribution in [0.4, 0.5) is 11.4 Å². The molecule has 1 aromatic rings. The third kappa shape index (κ3) is 4.34. The van der Waals surface area contributed by atoms with Gasteiger partial charge >= 0.3 is 0 Å². The van der Waals surface area contributed by atoms with E-state index in [4.69, 9.17) is 26.4 Å². The lowest BCUT2D eigenvalue weighted by Gasteiger charge is -2.29. The van der Waals surface area contributed by atoms with Gasteiger partial charge in [0.2, 0.25) is 0 Å². The molecule has 10 nitrogen and oxygen atoms in total. The molecule has 4 N–H and O–H groups in total. The first-order chi connectivity index (χ1) is 12.7. The Bertz CT molecular complexity index is 732. The number of ether oxygens (including phenoxy) is 3. The van der Waals surface area contributed by atoms with E-state index in [1.54, 1.807) is 19.9 Å². The lowest BCUT2D eigenvalue weighted by Crippen LogP contribution is -2.53. The number of rotatable bonds is 5. The molecule has 3 rings (SSSR count). The summed E-state index contributed by atoms with van der Waals surface area (Å²) in [4.78, 5) is 10.4. The molecule has 0 radical (unpaired) electrons. The fourth-order valence-corrected chi connectivity index (χ4v) is 3.40. The Labute approximate surface area is 160 Å². The summed E-state index contributed by atoms with van der Waals surface area (Å²) in [5, 5.41) is 36.2. The van der Waals surface area contributed by atoms with Gasteiger partial charge in [-0.15, -0.1) is 0 Å². The average Bonchev–Trinajstić information content (AvgIpc) is 3.07. The van der Waals surface area contributed by atoms with Gasteiger partial charge in [0.25, 0.3) is 5.69 Å². The van der Waals surface area contributed by atoms with Crippen LogP contribution in [0.2, 0.25) is 0 Å². The second-order valence-corrected chi connectivity index (χ2v) is 7.16. The normalized spacial score (nSPS) is 29.8. The van der Waals surface area contributed by atoms with Gasteiger partial charge in [0.15, 0.2) is 17.2 Å². The van der Waals surface area contributed by atoms with Crippen LogP contribution in [0, 0.1) is 10.1 Å². The number of non-ortho nitro benzene ring substituents is 1. The summed E-state index contributed by atoms with van der Waals surface area (Å²) in [7, 11) is 0. The summed E-state index contributed by atoms with van der Waals surface area (Å²) >= 11 is 5.29. The molecule has 27 heavy (non-hydrogen) atoms. The number of anilines is 1. The molecule has 5 atom stereocenters. The van der Waals surface area contributed by atoms with Crippen molar-refractivity contribution in [3.63, 3.8) is 0 Å². The summed E-state index contributed by atoms with van der Waals surface area (Å²) < 4.78 is 17.2. The molecule has 0 unspecified atom stereocenters. The zero-order valence-corrected chi connectivity index (χ0v) is 15.5. The Morgan fingerprint density at radius 1 is 1.44 bits per heavy atom. The van der Waals surface area contributed by atoms with E-state index in [1.807, 2.05) is 0 Å². The van der Waals surface area contributed by atoms with Gasteiger partial charge in [0.1, 0.15) is 18.3 Å². The van der Waals surface area contributed by atoms with Gasteiger partial charge in [-0.3, -0.25) is 10.1 Å². The molecule has 11 heteroatoms. The maximum atomic E-state index is 10.9. The Morgan fingerprint density at radius 3 is 2.85 bits per heavy atom. The number of nitro benzene ring substituents is 1. The number of aliphatic hydroxyl groups excluding tert-OH is 2. The molecule has 2 aliphatic rings. The maximum absolute atomic E-state index is 10.9. The zero-order valence-electron chi connectivity index (χ0n) is 14.7. The molecular weight excluding hydrogens is 378 g/mol. The van der Waals surface area contributed by atoms with Gasteiger partial charge in [0, 0.05) is 17.8 Å². The number of nitrogens with one attached hydrogen (secondary N) is 2. The minimum Gasteiger partial charge on any atom is -0.394 e. The second kappa shape index (κ2) is 7.62. The molecule has 148 valence electrons. The van der Waals surface area contributed by atoms with Crippen molar-refractivity contribution in [3.05, 3.63) is 34.4 Å². The number of hydrogen-bond donors (Lipinski definition) is 4. The van der Waals surface area contributed by atoms with E-state index < -0.39 is 48.0 Å². The molecule has 2 heterocycles. The topological polar surface area (TPSA) is 135 Å². The van der Waals surface area contributed by atoms with Gasteiger partial charge in [-0.1, -0.05) is 6.07 Å². The molecule has 0 amide bonds. The van der Waals surface area contributed by atoms with E-state index in [2.05, 4.69) is 10.6 Å². The van der Waals surface area contributed by atoms with Crippen LogP contribution in [0.25, 0.3) is 0 Å². The highest BCUT2D eigenvalue weighted by Gasteiger charge is 2.56. The SMILES string of the molecule is CC1(C)O[C@H]2O[C@H]([C@H](O)CO)[C@H](NC(=S)Nc3cccc([N+](=O)[O-])c3)[C@H]2O1. The summed E-state index contributed by atoms with van der Waals surface area (Å²) in [5.74, 6) is -0.862. The number of nitrogens with zero attached hydrogens (tertiary/aromatic N) is 1. The quantitative estimate of drug-likeness (QED) is 0.314. The number of aliphatic hydroxyl groups is 2. The van der Waals surface area contributed by atoms with Crippen molar-refractivity contribution in [2.75, 3.05) is 11.9 Å². The minimum absolute atomic E-state index is 0.0741. The van der Waals surface area contributed by atoms with Gasteiger partial charge in [0.05, 0.1) is 17.6 Å². The maximum Gasteiger partial charge on any atom is 0.271 e. The predicted octanol–water partition coefficient (Wildman–Crippen LogP) is 0.479. The van der Waals surface area contributed by atoms with E-state index >= 15 is 0 Å². The summed E-state index contributed by atoms with van der Waals surface area (Å²) in [6, 6.07) is 5.29.